The van der Waals surface area contributed by atoms with E-state index in [0.29, 0.717) is 16.5 Å². The van der Waals surface area contributed by atoms with E-state index in [0.717, 1.165) is 25.7 Å². The van der Waals surface area contributed by atoms with Crippen LogP contribution in [-0.4, -0.2) is 37.5 Å². The molecule has 104 valence electrons. The number of aliphatic hydroxyl groups excluding tert-OH is 1. The van der Waals surface area contributed by atoms with Crippen molar-refractivity contribution in [1.82, 2.24) is 9.97 Å². The number of aliphatic hydroxyl groups is 1. The number of aromatic carboxylic acids is 1. The van der Waals surface area contributed by atoms with Gasteiger partial charge in [0, 0.05) is 5.25 Å². The first-order valence-electron chi connectivity index (χ1n) is 6.42. The van der Waals surface area contributed by atoms with Crippen LogP contribution >= 0.6 is 11.8 Å². The monoisotopic (exact) mass is 282 g/mol. The van der Waals surface area contributed by atoms with Crippen molar-refractivity contribution in [2.75, 3.05) is 0 Å². The molecule has 1 aliphatic rings. The third kappa shape index (κ3) is 3.25. The molecule has 1 heterocycles. The van der Waals surface area contributed by atoms with E-state index in [1.807, 2.05) is 0 Å². The number of carbonyl (C=O) groups is 1. The molecule has 0 spiro atoms. The Balaban J connectivity index is 2.30. The lowest BCUT2D eigenvalue weighted by molar-refractivity contribution is 0.0690. The smallest absolute Gasteiger partial charge is 0.340 e. The van der Waals surface area contributed by atoms with Gasteiger partial charge in [-0.3, -0.25) is 0 Å². The van der Waals surface area contributed by atoms with Crippen LogP contribution in [0.1, 0.15) is 47.6 Å². The molecule has 1 aromatic heterocycles. The summed E-state index contributed by atoms with van der Waals surface area (Å²) in [6, 6.07) is 0. The molecule has 1 saturated carbocycles. The fourth-order valence-electron chi connectivity index (χ4n) is 2.37. The van der Waals surface area contributed by atoms with Crippen molar-refractivity contribution in [2.24, 2.45) is 0 Å². The highest BCUT2D eigenvalue weighted by molar-refractivity contribution is 8.00. The summed E-state index contributed by atoms with van der Waals surface area (Å²) < 4.78 is 0. The lowest BCUT2D eigenvalue weighted by Crippen LogP contribution is -2.27. The predicted octanol–water partition coefficient (Wildman–Crippen LogP) is 2.19. The Hall–Kier alpha value is -1.14. The van der Waals surface area contributed by atoms with Gasteiger partial charge in [-0.1, -0.05) is 24.6 Å². The van der Waals surface area contributed by atoms with E-state index in [4.69, 9.17) is 0 Å². The minimum Gasteiger partial charge on any atom is -0.478 e. The zero-order valence-electron chi connectivity index (χ0n) is 11.1. The van der Waals surface area contributed by atoms with Crippen LogP contribution in [0.25, 0.3) is 0 Å². The Bertz CT molecular complexity index is 493. The van der Waals surface area contributed by atoms with E-state index < -0.39 is 5.97 Å². The van der Waals surface area contributed by atoms with E-state index in [1.165, 1.54) is 11.8 Å². The third-order valence-electron chi connectivity index (χ3n) is 3.31. The average molecular weight is 282 g/mol. The summed E-state index contributed by atoms with van der Waals surface area (Å²) >= 11 is 1.37. The van der Waals surface area contributed by atoms with Crippen LogP contribution in [0, 0.1) is 13.8 Å². The highest BCUT2D eigenvalue weighted by atomic mass is 32.2. The molecule has 1 fully saturated rings. The molecule has 6 heteroatoms. The van der Waals surface area contributed by atoms with Gasteiger partial charge >= 0.3 is 5.97 Å². The van der Waals surface area contributed by atoms with Gasteiger partial charge < -0.3 is 10.2 Å². The summed E-state index contributed by atoms with van der Waals surface area (Å²) in [5.74, 6) is -0.444. The van der Waals surface area contributed by atoms with Crippen molar-refractivity contribution in [1.29, 1.82) is 0 Å². The Morgan fingerprint density at radius 3 is 2.58 bits per heavy atom. The molecule has 2 atom stereocenters. The van der Waals surface area contributed by atoms with Gasteiger partial charge in [0.1, 0.15) is 16.4 Å². The van der Waals surface area contributed by atoms with Gasteiger partial charge in [-0.15, -0.1) is 0 Å². The predicted molar refractivity (Wildman–Crippen MR) is 72.6 cm³/mol. The fourth-order valence-corrected chi connectivity index (χ4v) is 3.77. The Morgan fingerprint density at radius 2 is 1.95 bits per heavy atom. The van der Waals surface area contributed by atoms with Crippen molar-refractivity contribution in [3.8, 4) is 0 Å². The van der Waals surface area contributed by atoms with Crippen LogP contribution < -0.4 is 0 Å². The summed E-state index contributed by atoms with van der Waals surface area (Å²) in [4.78, 5) is 19.7. The maximum absolute atomic E-state index is 11.3. The summed E-state index contributed by atoms with van der Waals surface area (Å²) in [7, 11) is 0. The SMILES string of the molecule is Cc1nc(C)c(C(=O)O)c(SC2CCCCC2O)n1. The van der Waals surface area contributed by atoms with E-state index in [2.05, 4.69) is 9.97 Å². The number of carboxylic acid groups (broad SMARTS) is 1. The standard InChI is InChI=1S/C13H18N2O3S/c1-7-11(13(17)18)12(15-8(2)14-7)19-10-6-4-3-5-9(10)16/h9-10,16H,3-6H2,1-2H3,(H,17,18). The molecule has 0 radical (unpaired) electrons. The van der Waals surface area contributed by atoms with Crippen molar-refractivity contribution in [3.63, 3.8) is 0 Å². The van der Waals surface area contributed by atoms with Crippen molar-refractivity contribution < 1.29 is 15.0 Å². The van der Waals surface area contributed by atoms with Gasteiger partial charge in [0.05, 0.1) is 11.8 Å². The van der Waals surface area contributed by atoms with Crippen LogP contribution in [0.2, 0.25) is 0 Å². The highest BCUT2D eigenvalue weighted by Gasteiger charge is 2.27. The Kier molecular flexibility index (Phi) is 4.42. The second-order valence-electron chi connectivity index (χ2n) is 4.85. The number of nitrogens with zero attached hydrogens (tertiary/aromatic N) is 2. The van der Waals surface area contributed by atoms with Gasteiger partial charge in [-0.25, -0.2) is 14.8 Å². The molecule has 1 aliphatic carbocycles. The van der Waals surface area contributed by atoms with Crippen LogP contribution in [0.3, 0.4) is 0 Å². The van der Waals surface area contributed by atoms with Crippen molar-refractivity contribution in [2.45, 2.75) is 55.9 Å². The maximum atomic E-state index is 11.3. The highest BCUT2D eigenvalue weighted by Crippen LogP contribution is 2.35. The molecule has 0 saturated heterocycles. The van der Waals surface area contributed by atoms with Gasteiger partial charge in [-0.2, -0.15) is 0 Å². The van der Waals surface area contributed by atoms with Crippen LogP contribution in [0.15, 0.2) is 5.03 Å². The van der Waals surface area contributed by atoms with Gasteiger partial charge in [0.15, 0.2) is 0 Å². The van der Waals surface area contributed by atoms with Crippen molar-refractivity contribution >= 4 is 17.7 Å². The average Bonchev–Trinajstić information content (AvgIpc) is 2.30. The zero-order valence-corrected chi connectivity index (χ0v) is 11.9. The molecule has 0 aromatic carbocycles. The van der Waals surface area contributed by atoms with E-state index >= 15 is 0 Å². The van der Waals surface area contributed by atoms with Gasteiger partial charge in [0.25, 0.3) is 0 Å². The number of aromatic nitrogens is 2. The maximum Gasteiger partial charge on any atom is 0.340 e. The summed E-state index contributed by atoms with van der Waals surface area (Å²) in [6.45, 7) is 3.43. The minimum atomic E-state index is -1.01. The zero-order chi connectivity index (χ0) is 14.0. The minimum absolute atomic E-state index is 0.0283. The normalized spacial score (nSPS) is 23.3. The molecule has 2 unspecified atom stereocenters. The fraction of sp³-hybridized carbons (Fsp3) is 0.615. The lowest BCUT2D eigenvalue weighted by atomic mass is 9.97. The second-order valence-corrected chi connectivity index (χ2v) is 6.08. The molecule has 0 amide bonds. The molecule has 19 heavy (non-hydrogen) atoms. The molecular weight excluding hydrogens is 264 g/mol. The first-order valence-corrected chi connectivity index (χ1v) is 7.30. The molecule has 5 nitrogen and oxygen atoms in total. The molecule has 0 aliphatic heterocycles. The van der Waals surface area contributed by atoms with E-state index in [1.54, 1.807) is 13.8 Å². The largest absolute Gasteiger partial charge is 0.478 e. The van der Waals surface area contributed by atoms with Crippen LogP contribution in [0.5, 0.6) is 0 Å². The summed E-state index contributed by atoms with van der Waals surface area (Å²) in [5, 5.41) is 19.8. The number of rotatable bonds is 3. The summed E-state index contributed by atoms with van der Waals surface area (Å²) in [5.41, 5.74) is 0.640. The number of carboxylic acids is 1. The van der Waals surface area contributed by atoms with Crippen LogP contribution in [-0.2, 0) is 0 Å². The Labute approximate surface area is 116 Å². The van der Waals surface area contributed by atoms with Crippen molar-refractivity contribution in [3.05, 3.63) is 17.1 Å². The quantitative estimate of drug-likeness (QED) is 0.827. The topological polar surface area (TPSA) is 83.3 Å². The number of hydrogen-bond acceptors (Lipinski definition) is 5. The van der Waals surface area contributed by atoms with Gasteiger partial charge in [-0.05, 0) is 26.7 Å². The first-order chi connectivity index (χ1) is 8.99. The second kappa shape index (κ2) is 5.88. The Morgan fingerprint density at radius 1 is 1.26 bits per heavy atom. The lowest BCUT2D eigenvalue weighted by Gasteiger charge is -2.27. The number of hydrogen-bond donors (Lipinski definition) is 2. The molecule has 2 N–H and O–H groups in total. The summed E-state index contributed by atoms with van der Waals surface area (Å²) in [6.07, 6.45) is 3.40. The third-order valence-corrected chi connectivity index (χ3v) is 4.68. The number of thioether (sulfide) groups is 1. The van der Waals surface area contributed by atoms with Crippen LogP contribution in [0.4, 0.5) is 0 Å². The van der Waals surface area contributed by atoms with E-state index in [9.17, 15) is 15.0 Å². The molecule has 0 bridgehead atoms. The number of aryl methyl sites for hydroxylation is 2. The molecule has 2 rings (SSSR count). The molecular formula is C13H18N2O3S. The molecule has 1 aromatic rings. The van der Waals surface area contributed by atoms with E-state index in [-0.39, 0.29) is 16.9 Å². The van der Waals surface area contributed by atoms with Gasteiger partial charge in [0.2, 0.25) is 0 Å². The first kappa shape index (κ1) is 14.3.